The zero-order valence-electron chi connectivity index (χ0n) is 14.3. The van der Waals surface area contributed by atoms with Crippen LogP contribution >= 0.6 is 23.2 Å². The number of Topliss-reactive ketones (excluding diaryl/α,β-unsaturated/α-hetero) is 1. The highest BCUT2D eigenvalue weighted by Crippen LogP contribution is 2.22. The van der Waals surface area contributed by atoms with E-state index in [0.29, 0.717) is 5.02 Å². The van der Waals surface area contributed by atoms with Gasteiger partial charge in [0.2, 0.25) is 5.78 Å². The van der Waals surface area contributed by atoms with E-state index in [2.05, 4.69) is 0 Å². The van der Waals surface area contributed by atoms with Crippen LogP contribution in [0.2, 0.25) is 10.0 Å². The van der Waals surface area contributed by atoms with Crippen molar-refractivity contribution in [3.8, 4) is 11.1 Å². The molecule has 0 spiro atoms. The highest BCUT2D eigenvalue weighted by Gasteiger charge is 2.14. The van der Waals surface area contributed by atoms with E-state index in [4.69, 9.17) is 27.9 Å². The third-order valence-corrected chi connectivity index (χ3v) is 4.57. The standard InChI is InChI=1S/C22H16Cl2O3/c23-18-10-11-20(24)19(13-18)21(25)14-27-22(26)12-15-6-8-17(9-7-15)16-4-2-1-3-5-16/h1-11,13H,12,14H2. The Morgan fingerprint density at radius 2 is 1.48 bits per heavy atom. The SMILES string of the molecule is O=C(Cc1ccc(-c2ccccc2)cc1)OCC(=O)c1cc(Cl)ccc1Cl. The lowest BCUT2D eigenvalue weighted by atomic mass is 10.0. The summed E-state index contributed by atoms with van der Waals surface area (Å²) in [6, 6.07) is 22.2. The molecule has 0 radical (unpaired) electrons. The summed E-state index contributed by atoms with van der Waals surface area (Å²) in [6.07, 6.45) is 0.0889. The van der Waals surface area contributed by atoms with E-state index in [0.717, 1.165) is 16.7 Å². The van der Waals surface area contributed by atoms with Gasteiger partial charge in [-0.15, -0.1) is 0 Å². The fraction of sp³-hybridized carbons (Fsp3) is 0.0909. The Morgan fingerprint density at radius 1 is 0.815 bits per heavy atom. The second kappa shape index (κ2) is 8.85. The van der Waals surface area contributed by atoms with Crippen LogP contribution in [-0.4, -0.2) is 18.4 Å². The summed E-state index contributed by atoms with van der Waals surface area (Å²) < 4.78 is 5.08. The maximum Gasteiger partial charge on any atom is 0.310 e. The number of hydrogen-bond donors (Lipinski definition) is 0. The normalized spacial score (nSPS) is 10.4. The third-order valence-electron chi connectivity index (χ3n) is 4.00. The topological polar surface area (TPSA) is 43.4 Å². The van der Waals surface area contributed by atoms with Crippen molar-refractivity contribution >= 4 is 35.0 Å². The largest absolute Gasteiger partial charge is 0.457 e. The monoisotopic (exact) mass is 398 g/mol. The molecule has 0 amide bonds. The number of ether oxygens (including phenoxy) is 1. The van der Waals surface area contributed by atoms with E-state index in [1.807, 2.05) is 54.6 Å². The molecule has 0 saturated carbocycles. The van der Waals surface area contributed by atoms with Crippen molar-refractivity contribution in [3.05, 3.63) is 94.0 Å². The van der Waals surface area contributed by atoms with Gasteiger partial charge in [0.25, 0.3) is 0 Å². The number of hydrogen-bond acceptors (Lipinski definition) is 3. The summed E-state index contributed by atoms with van der Waals surface area (Å²) in [6.45, 7) is -0.374. The molecule has 0 atom stereocenters. The van der Waals surface area contributed by atoms with Gasteiger partial charge in [0, 0.05) is 10.6 Å². The fourth-order valence-electron chi connectivity index (χ4n) is 2.60. The van der Waals surface area contributed by atoms with Crippen LogP contribution in [0.25, 0.3) is 11.1 Å². The first-order valence-electron chi connectivity index (χ1n) is 8.31. The molecule has 0 aromatic heterocycles. The minimum Gasteiger partial charge on any atom is -0.457 e. The van der Waals surface area contributed by atoms with Crippen molar-refractivity contribution in [2.45, 2.75) is 6.42 Å². The van der Waals surface area contributed by atoms with Gasteiger partial charge < -0.3 is 4.74 Å². The quantitative estimate of drug-likeness (QED) is 0.399. The van der Waals surface area contributed by atoms with Gasteiger partial charge in [-0.05, 0) is 34.9 Å². The molecule has 3 aromatic carbocycles. The molecule has 27 heavy (non-hydrogen) atoms. The molecular weight excluding hydrogens is 383 g/mol. The smallest absolute Gasteiger partial charge is 0.310 e. The molecule has 5 heteroatoms. The van der Waals surface area contributed by atoms with E-state index >= 15 is 0 Å². The number of benzene rings is 3. The second-order valence-corrected chi connectivity index (χ2v) is 6.79. The molecule has 0 unspecified atom stereocenters. The molecule has 0 heterocycles. The fourth-order valence-corrected chi connectivity index (χ4v) is 2.99. The first kappa shape index (κ1) is 19.2. The highest BCUT2D eigenvalue weighted by molar-refractivity contribution is 6.36. The van der Waals surface area contributed by atoms with Gasteiger partial charge in [-0.25, -0.2) is 0 Å². The zero-order valence-corrected chi connectivity index (χ0v) is 15.8. The van der Waals surface area contributed by atoms with Gasteiger partial charge in [-0.3, -0.25) is 9.59 Å². The van der Waals surface area contributed by atoms with Crippen LogP contribution in [0, 0.1) is 0 Å². The Bertz CT molecular complexity index is 951. The van der Waals surface area contributed by atoms with Crippen LogP contribution < -0.4 is 0 Å². The lowest BCUT2D eigenvalue weighted by Gasteiger charge is -2.07. The Morgan fingerprint density at radius 3 is 2.19 bits per heavy atom. The van der Waals surface area contributed by atoms with Crippen LogP contribution in [0.3, 0.4) is 0 Å². The molecule has 0 fully saturated rings. The number of esters is 1. The lowest BCUT2D eigenvalue weighted by Crippen LogP contribution is -2.16. The summed E-state index contributed by atoms with van der Waals surface area (Å²) in [4.78, 5) is 24.2. The van der Waals surface area contributed by atoms with E-state index in [-0.39, 0.29) is 23.6 Å². The van der Waals surface area contributed by atoms with Gasteiger partial charge in [0.15, 0.2) is 6.61 Å². The molecular formula is C22H16Cl2O3. The van der Waals surface area contributed by atoms with E-state index in [9.17, 15) is 9.59 Å². The van der Waals surface area contributed by atoms with Crippen LogP contribution in [0.15, 0.2) is 72.8 Å². The molecule has 3 nitrogen and oxygen atoms in total. The third kappa shape index (κ3) is 5.19. The summed E-state index contributed by atoms with van der Waals surface area (Å²) in [5.74, 6) is -0.871. The first-order valence-corrected chi connectivity index (χ1v) is 9.07. The molecule has 0 aliphatic rings. The number of carbonyl (C=O) groups is 2. The highest BCUT2D eigenvalue weighted by atomic mass is 35.5. The van der Waals surface area contributed by atoms with E-state index in [1.54, 1.807) is 6.07 Å². The summed E-state index contributed by atoms with van der Waals surface area (Å²) >= 11 is 11.9. The average Bonchev–Trinajstić information content (AvgIpc) is 2.69. The minimum absolute atomic E-state index is 0.0889. The average molecular weight is 399 g/mol. The van der Waals surface area contributed by atoms with Gasteiger partial charge in [-0.1, -0.05) is 77.8 Å². The van der Waals surface area contributed by atoms with Crippen molar-refractivity contribution in [3.63, 3.8) is 0 Å². The zero-order chi connectivity index (χ0) is 19.2. The maximum atomic E-state index is 12.2. The van der Waals surface area contributed by atoms with Crippen LogP contribution in [0.1, 0.15) is 15.9 Å². The molecule has 0 aliphatic heterocycles. The number of carbonyl (C=O) groups excluding carboxylic acids is 2. The van der Waals surface area contributed by atoms with Gasteiger partial charge in [0.05, 0.1) is 11.4 Å². The van der Waals surface area contributed by atoms with Crippen molar-refractivity contribution < 1.29 is 14.3 Å². The molecule has 0 bridgehead atoms. The van der Waals surface area contributed by atoms with Crippen molar-refractivity contribution in [1.29, 1.82) is 0 Å². The van der Waals surface area contributed by atoms with Crippen LogP contribution in [0.4, 0.5) is 0 Å². The van der Waals surface area contributed by atoms with Crippen molar-refractivity contribution in [2.24, 2.45) is 0 Å². The number of rotatable bonds is 6. The summed E-state index contributed by atoms with van der Waals surface area (Å²) in [5.41, 5.74) is 3.23. The summed E-state index contributed by atoms with van der Waals surface area (Å²) in [7, 11) is 0. The minimum atomic E-state index is -0.478. The van der Waals surface area contributed by atoms with Crippen LogP contribution in [0.5, 0.6) is 0 Å². The lowest BCUT2D eigenvalue weighted by molar-refractivity contribution is -0.141. The van der Waals surface area contributed by atoms with Gasteiger partial charge in [-0.2, -0.15) is 0 Å². The molecule has 0 aliphatic carbocycles. The van der Waals surface area contributed by atoms with Crippen LogP contribution in [-0.2, 0) is 16.0 Å². The Hall–Kier alpha value is -2.62. The molecule has 0 N–H and O–H groups in total. The van der Waals surface area contributed by atoms with Gasteiger partial charge in [0.1, 0.15) is 0 Å². The summed E-state index contributed by atoms with van der Waals surface area (Å²) in [5, 5.41) is 0.671. The Balaban J connectivity index is 1.56. The number of halogens is 2. The number of ketones is 1. The van der Waals surface area contributed by atoms with Crippen molar-refractivity contribution in [1.82, 2.24) is 0 Å². The molecule has 136 valence electrons. The Labute approximate surface area is 167 Å². The van der Waals surface area contributed by atoms with E-state index in [1.165, 1.54) is 12.1 Å². The molecule has 3 aromatic rings. The first-order chi connectivity index (χ1) is 13.0. The van der Waals surface area contributed by atoms with E-state index < -0.39 is 11.8 Å². The van der Waals surface area contributed by atoms with Gasteiger partial charge >= 0.3 is 5.97 Å². The molecule has 3 rings (SSSR count). The predicted octanol–water partition coefficient (Wildman–Crippen LogP) is 5.63. The predicted molar refractivity (Wildman–Crippen MR) is 107 cm³/mol. The Kier molecular flexibility index (Phi) is 6.28. The maximum absolute atomic E-state index is 12.2. The van der Waals surface area contributed by atoms with Crippen molar-refractivity contribution in [2.75, 3.05) is 6.61 Å². The second-order valence-electron chi connectivity index (χ2n) is 5.95. The molecule has 0 saturated heterocycles.